The first-order valence-corrected chi connectivity index (χ1v) is 5.24. The predicted octanol–water partition coefficient (Wildman–Crippen LogP) is 3.26. The van der Waals surface area contributed by atoms with Crippen LogP contribution in [0.15, 0.2) is 35.4 Å². The molecule has 1 atom stereocenters. The van der Waals surface area contributed by atoms with E-state index in [4.69, 9.17) is 16.3 Å². The molecule has 1 N–H and O–H groups in total. The van der Waals surface area contributed by atoms with Gasteiger partial charge < -0.3 is 9.84 Å². The number of rotatable bonds is 4. The molecule has 0 saturated heterocycles. The average molecular weight is 227 g/mol. The van der Waals surface area contributed by atoms with Crippen LogP contribution in [-0.4, -0.2) is 11.7 Å². The summed E-state index contributed by atoms with van der Waals surface area (Å²) in [7, 11) is 0. The summed E-state index contributed by atoms with van der Waals surface area (Å²) in [6.07, 6.45) is -0.526. The topological polar surface area (TPSA) is 29.5 Å². The molecule has 0 aliphatic heterocycles. The van der Waals surface area contributed by atoms with Gasteiger partial charge in [-0.25, -0.2) is 0 Å². The molecular formula is C12H15ClO2. The molecule has 0 fully saturated rings. The zero-order chi connectivity index (χ0) is 11.3. The van der Waals surface area contributed by atoms with Crippen molar-refractivity contribution in [2.75, 3.05) is 6.61 Å². The Labute approximate surface area is 95.1 Å². The van der Waals surface area contributed by atoms with Gasteiger partial charge in [-0.15, -0.1) is 0 Å². The van der Waals surface area contributed by atoms with Crippen molar-refractivity contribution in [2.24, 2.45) is 0 Å². The number of hydrogen-bond acceptors (Lipinski definition) is 2. The minimum atomic E-state index is -0.526. The maximum Gasteiger partial charge on any atom is 0.125 e. The third-order valence-electron chi connectivity index (χ3n) is 2.01. The van der Waals surface area contributed by atoms with Crippen LogP contribution < -0.4 is 4.74 Å². The Balaban J connectivity index is 2.76. The molecular weight excluding hydrogens is 212 g/mol. The van der Waals surface area contributed by atoms with Crippen molar-refractivity contribution in [3.05, 3.63) is 40.9 Å². The Morgan fingerprint density at radius 3 is 2.80 bits per heavy atom. The molecule has 15 heavy (non-hydrogen) atoms. The number of benzene rings is 1. The predicted molar refractivity (Wildman–Crippen MR) is 62.2 cm³/mol. The minimum Gasteiger partial charge on any atom is -0.489 e. The lowest BCUT2D eigenvalue weighted by Crippen LogP contribution is -2.02. The highest BCUT2D eigenvalue weighted by atomic mass is 35.5. The van der Waals surface area contributed by atoms with Crippen LogP contribution in [0.1, 0.15) is 25.5 Å². The molecule has 0 spiro atoms. The van der Waals surface area contributed by atoms with E-state index in [0.717, 1.165) is 11.1 Å². The summed E-state index contributed by atoms with van der Waals surface area (Å²) < 4.78 is 5.54. The molecule has 0 saturated carbocycles. The van der Waals surface area contributed by atoms with Gasteiger partial charge >= 0.3 is 0 Å². The van der Waals surface area contributed by atoms with Crippen molar-refractivity contribution in [1.82, 2.24) is 0 Å². The smallest absolute Gasteiger partial charge is 0.125 e. The zero-order valence-corrected chi connectivity index (χ0v) is 9.66. The molecule has 1 rings (SSSR count). The molecule has 1 unspecified atom stereocenters. The Hall–Kier alpha value is -0.990. The van der Waals surface area contributed by atoms with Crippen LogP contribution in [0.5, 0.6) is 5.75 Å². The van der Waals surface area contributed by atoms with E-state index in [1.165, 1.54) is 5.54 Å². The average Bonchev–Trinajstić information content (AvgIpc) is 2.26. The summed E-state index contributed by atoms with van der Waals surface area (Å²) in [6, 6.07) is 7.43. The van der Waals surface area contributed by atoms with Crippen molar-refractivity contribution in [3.8, 4) is 5.75 Å². The van der Waals surface area contributed by atoms with Gasteiger partial charge in [0.1, 0.15) is 12.4 Å². The molecule has 0 heterocycles. The zero-order valence-electron chi connectivity index (χ0n) is 8.90. The lowest BCUT2D eigenvalue weighted by Gasteiger charge is -2.12. The quantitative estimate of drug-likeness (QED) is 0.854. The van der Waals surface area contributed by atoms with Gasteiger partial charge in [0.25, 0.3) is 0 Å². The summed E-state index contributed by atoms with van der Waals surface area (Å²) in [5.41, 5.74) is 3.22. The maximum absolute atomic E-state index is 9.51. The Kier molecular flexibility index (Phi) is 4.66. The van der Waals surface area contributed by atoms with Crippen LogP contribution in [0, 0.1) is 0 Å². The molecule has 1 aromatic rings. The Morgan fingerprint density at radius 2 is 2.20 bits per heavy atom. The third kappa shape index (κ3) is 3.57. The summed E-state index contributed by atoms with van der Waals surface area (Å²) in [5, 5.41) is 9.51. The molecule has 0 aliphatic carbocycles. The van der Waals surface area contributed by atoms with E-state index >= 15 is 0 Å². The van der Waals surface area contributed by atoms with E-state index < -0.39 is 6.10 Å². The molecule has 0 bridgehead atoms. The fourth-order valence-corrected chi connectivity index (χ4v) is 1.24. The summed E-state index contributed by atoms with van der Waals surface area (Å²) in [4.78, 5) is 0. The van der Waals surface area contributed by atoms with Crippen LogP contribution in [0.2, 0.25) is 0 Å². The monoisotopic (exact) mass is 226 g/mol. The standard InChI is InChI=1S/C12H15ClO2/c1-9(7-13)8-15-12-6-4-3-5-11(12)10(2)14/h3-7,10,14H,8H2,1-2H3/b9-7+. The van der Waals surface area contributed by atoms with E-state index in [1.54, 1.807) is 6.92 Å². The normalized spacial score (nSPS) is 13.7. The van der Waals surface area contributed by atoms with E-state index in [1.807, 2.05) is 31.2 Å². The molecule has 82 valence electrons. The lowest BCUT2D eigenvalue weighted by atomic mass is 10.1. The van der Waals surface area contributed by atoms with Crippen LogP contribution in [0.25, 0.3) is 0 Å². The lowest BCUT2D eigenvalue weighted by molar-refractivity contribution is 0.192. The number of hydrogen-bond donors (Lipinski definition) is 1. The highest BCUT2D eigenvalue weighted by Gasteiger charge is 2.07. The first-order chi connectivity index (χ1) is 7.15. The SMILES string of the molecule is C/C(=C\Cl)COc1ccccc1C(C)O. The summed E-state index contributed by atoms with van der Waals surface area (Å²) >= 11 is 5.53. The fraction of sp³-hybridized carbons (Fsp3) is 0.333. The number of halogens is 1. The summed E-state index contributed by atoms with van der Waals surface area (Å²) in [5.74, 6) is 0.699. The van der Waals surface area contributed by atoms with Crippen LogP contribution in [0.4, 0.5) is 0 Å². The van der Waals surface area contributed by atoms with Gasteiger partial charge in [0.05, 0.1) is 6.10 Å². The van der Waals surface area contributed by atoms with Gasteiger partial charge in [-0.05, 0) is 25.5 Å². The maximum atomic E-state index is 9.51. The second-order valence-corrected chi connectivity index (χ2v) is 3.68. The van der Waals surface area contributed by atoms with E-state index in [-0.39, 0.29) is 0 Å². The first kappa shape index (κ1) is 12.1. The largest absolute Gasteiger partial charge is 0.489 e. The van der Waals surface area contributed by atoms with Crippen molar-refractivity contribution in [1.29, 1.82) is 0 Å². The van der Waals surface area contributed by atoms with Gasteiger partial charge in [0.15, 0.2) is 0 Å². The second-order valence-electron chi connectivity index (χ2n) is 3.46. The molecule has 0 aromatic heterocycles. The molecule has 2 nitrogen and oxygen atoms in total. The van der Waals surface area contributed by atoms with Gasteiger partial charge in [-0.1, -0.05) is 29.8 Å². The highest BCUT2D eigenvalue weighted by Crippen LogP contribution is 2.24. The van der Waals surface area contributed by atoms with E-state index in [0.29, 0.717) is 12.4 Å². The van der Waals surface area contributed by atoms with E-state index in [2.05, 4.69) is 0 Å². The number of para-hydroxylation sites is 1. The molecule has 0 amide bonds. The van der Waals surface area contributed by atoms with Crippen molar-refractivity contribution >= 4 is 11.6 Å². The minimum absolute atomic E-state index is 0.438. The molecule has 0 radical (unpaired) electrons. The third-order valence-corrected chi connectivity index (χ3v) is 2.38. The number of ether oxygens (including phenoxy) is 1. The van der Waals surface area contributed by atoms with Gasteiger partial charge in [-0.3, -0.25) is 0 Å². The fourth-order valence-electron chi connectivity index (χ4n) is 1.18. The van der Waals surface area contributed by atoms with Crippen molar-refractivity contribution in [2.45, 2.75) is 20.0 Å². The number of aliphatic hydroxyl groups excluding tert-OH is 1. The van der Waals surface area contributed by atoms with Crippen LogP contribution in [0.3, 0.4) is 0 Å². The second kappa shape index (κ2) is 5.79. The Morgan fingerprint density at radius 1 is 1.53 bits per heavy atom. The van der Waals surface area contributed by atoms with Crippen LogP contribution >= 0.6 is 11.6 Å². The summed E-state index contributed by atoms with van der Waals surface area (Å²) in [6.45, 7) is 4.04. The van der Waals surface area contributed by atoms with Gasteiger partial charge in [0.2, 0.25) is 0 Å². The van der Waals surface area contributed by atoms with E-state index in [9.17, 15) is 5.11 Å². The van der Waals surface area contributed by atoms with Gasteiger partial charge in [0, 0.05) is 11.1 Å². The molecule has 0 aliphatic rings. The van der Waals surface area contributed by atoms with Crippen molar-refractivity contribution in [3.63, 3.8) is 0 Å². The van der Waals surface area contributed by atoms with Crippen LogP contribution in [-0.2, 0) is 0 Å². The van der Waals surface area contributed by atoms with Crippen molar-refractivity contribution < 1.29 is 9.84 Å². The Bertz CT molecular complexity index is 345. The molecule has 3 heteroatoms. The molecule has 1 aromatic carbocycles. The first-order valence-electron chi connectivity index (χ1n) is 4.80. The van der Waals surface area contributed by atoms with Gasteiger partial charge in [-0.2, -0.15) is 0 Å². The number of aliphatic hydroxyl groups is 1. The highest BCUT2D eigenvalue weighted by molar-refractivity contribution is 6.25.